The van der Waals surface area contributed by atoms with Crippen molar-refractivity contribution in [2.75, 3.05) is 13.7 Å². The second kappa shape index (κ2) is 4.87. The van der Waals surface area contributed by atoms with Crippen LogP contribution in [0.25, 0.3) is 0 Å². The third-order valence-corrected chi connectivity index (χ3v) is 3.96. The fraction of sp³-hybridized carbons (Fsp3) is 0.500. The monoisotopic (exact) mass is 277 g/mol. The molecule has 5 heteroatoms. The van der Waals surface area contributed by atoms with Gasteiger partial charge in [-0.15, -0.1) is 0 Å². The largest absolute Gasteiger partial charge is 0.497 e. The molecule has 1 aliphatic rings. The number of hydrogen-bond donors (Lipinski definition) is 0. The Kier molecular flexibility index (Phi) is 3.57. The Hall–Kier alpha value is -1.51. The van der Waals surface area contributed by atoms with Crippen LogP contribution in [0.3, 0.4) is 0 Å². The van der Waals surface area contributed by atoms with E-state index in [2.05, 4.69) is 25.7 Å². The zero-order valence-corrected chi connectivity index (χ0v) is 12.8. The van der Waals surface area contributed by atoms with E-state index >= 15 is 0 Å². The predicted molar refractivity (Wildman–Crippen MR) is 74.8 cm³/mol. The maximum absolute atomic E-state index is 9.64. The first-order chi connectivity index (χ1) is 8.90. The molecule has 0 radical (unpaired) electrons. The average molecular weight is 277 g/mol. The maximum Gasteiger partial charge on any atom is 0.186 e. The van der Waals surface area contributed by atoms with Crippen LogP contribution in [0.4, 0.5) is 0 Å². The van der Waals surface area contributed by atoms with Crippen molar-refractivity contribution in [2.45, 2.75) is 31.7 Å². The number of benzene rings is 1. The highest BCUT2D eigenvalue weighted by Gasteiger charge is 2.42. The summed E-state index contributed by atoms with van der Waals surface area (Å²) in [6, 6.07) is 7.89. The lowest BCUT2D eigenvalue weighted by Gasteiger charge is -2.37. The van der Waals surface area contributed by atoms with E-state index in [4.69, 9.17) is 13.9 Å². The molecule has 1 aromatic carbocycles. The summed E-state index contributed by atoms with van der Waals surface area (Å²) in [5.74, 6) is 1.41. The molecule has 0 N–H and O–H groups in total. The normalized spacial score (nSPS) is 22.1. The molecule has 4 nitrogen and oxygen atoms in total. The molecule has 0 fully saturated rings. The van der Waals surface area contributed by atoms with Crippen LogP contribution < -0.4 is 9.47 Å². The van der Waals surface area contributed by atoms with Crippen LogP contribution >= 0.6 is 0 Å². The van der Waals surface area contributed by atoms with Crippen molar-refractivity contribution in [2.24, 2.45) is 0 Å². The minimum Gasteiger partial charge on any atom is -0.497 e. The Labute approximate surface area is 115 Å². The van der Waals surface area contributed by atoms with Crippen LogP contribution in [0.15, 0.2) is 18.2 Å². The molecule has 0 spiro atoms. The molecule has 1 aromatic rings. The topological polar surface area (TPSA) is 51.5 Å². The maximum atomic E-state index is 9.64. The summed E-state index contributed by atoms with van der Waals surface area (Å²) in [6.07, 6.45) is 0.563. The van der Waals surface area contributed by atoms with Crippen LogP contribution in [0.1, 0.15) is 12.0 Å². The highest BCUT2D eigenvalue weighted by molar-refractivity contribution is 6.69. The fourth-order valence-corrected chi connectivity index (χ4v) is 3.59. The third-order valence-electron chi connectivity index (χ3n) is 3.00. The average Bonchev–Trinajstić information content (AvgIpc) is 2.36. The number of rotatable bonds is 3. The zero-order valence-electron chi connectivity index (χ0n) is 11.8. The van der Waals surface area contributed by atoms with Gasteiger partial charge in [-0.3, -0.25) is 0 Å². The summed E-state index contributed by atoms with van der Waals surface area (Å²) < 4.78 is 17.0. The van der Waals surface area contributed by atoms with E-state index < -0.39 is 13.9 Å². The summed E-state index contributed by atoms with van der Waals surface area (Å²) in [7, 11) is -0.226. The van der Waals surface area contributed by atoms with E-state index in [9.17, 15) is 5.26 Å². The second-order valence-corrected chi connectivity index (χ2v) is 10.0. The molecule has 0 saturated carbocycles. The molecular weight excluding hydrogens is 258 g/mol. The standard InChI is InChI=1S/C14H19NO3Si/c1-16-11-5-6-12-13(9-11)17-8-7-14(12,10-15)18-19(2,3)4/h5-6,9H,7-8H2,1-4H3. The molecule has 19 heavy (non-hydrogen) atoms. The van der Waals surface area contributed by atoms with Gasteiger partial charge in [0.2, 0.25) is 0 Å². The zero-order chi connectivity index (χ0) is 14.1. The van der Waals surface area contributed by atoms with E-state index in [-0.39, 0.29) is 0 Å². The number of methoxy groups -OCH3 is 1. The first-order valence-corrected chi connectivity index (χ1v) is 9.74. The van der Waals surface area contributed by atoms with Gasteiger partial charge < -0.3 is 13.9 Å². The van der Waals surface area contributed by atoms with E-state index in [1.54, 1.807) is 7.11 Å². The number of nitrogens with zero attached hydrogens (tertiary/aromatic N) is 1. The van der Waals surface area contributed by atoms with Gasteiger partial charge in [-0.1, -0.05) is 0 Å². The molecule has 1 unspecified atom stereocenters. The highest BCUT2D eigenvalue weighted by Crippen LogP contribution is 2.42. The molecule has 1 aliphatic heterocycles. The van der Waals surface area contributed by atoms with Gasteiger partial charge in [0.15, 0.2) is 13.9 Å². The summed E-state index contributed by atoms with van der Waals surface area (Å²) in [4.78, 5) is 0. The molecule has 0 amide bonds. The Morgan fingerprint density at radius 1 is 1.37 bits per heavy atom. The van der Waals surface area contributed by atoms with Crippen molar-refractivity contribution in [3.05, 3.63) is 23.8 Å². The van der Waals surface area contributed by atoms with Crippen molar-refractivity contribution in [3.63, 3.8) is 0 Å². The lowest BCUT2D eigenvalue weighted by Crippen LogP contribution is -2.42. The predicted octanol–water partition coefficient (Wildman–Crippen LogP) is 3.05. The van der Waals surface area contributed by atoms with Crippen LogP contribution in [0.2, 0.25) is 19.6 Å². The number of fused-ring (bicyclic) bond motifs is 1. The van der Waals surface area contributed by atoms with Gasteiger partial charge in [0.1, 0.15) is 17.6 Å². The lowest BCUT2D eigenvalue weighted by molar-refractivity contribution is 0.0662. The molecule has 1 atom stereocenters. The molecule has 0 aromatic heterocycles. The van der Waals surface area contributed by atoms with Crippen molar-refractivity contribution in [1.29, 1.82) is 5.26 Å². The van der Waals surface area contributed by atoms with Crippen molar-refractivity contribution >= 4 is 8.32 Å². The number of ether oxygens (including phenoxy) is 2. The van der Waals surface area contributed by atoms with Gasteiger partial charge in [-0.2, -0.15) is 5.26 Å². The SMILES string of the molecule is COc1ccc2c(c1)OCCC2(C#N)O[Si](C)(C)C. The van der Waals surface area contributed by atoms with E-state index in [0.717, 1.165) is 11.3 Å². The molecule has 0 bridgehead atoms. The summed E-state index contributed by atoms with van der Waals surface area (Å²) in [5, 5.41) is 9.64. The molecule has 0 aliphatic carbocycles. The smallest absolute Gasteiger partial charge is 0.186 e. The molecular formula is C14H19NO3Si. The summed E-state index contributed by atoms with van der Waals surface area (Å²) >= 11 is 0. The van der Waals surface area contributed by atoms with Crippen molar-refractivity contribution < 1.29 is 13.9 Å². The van der Waals surface area contributed by atoms with Gasteiger partial charge in [-0.25, -0.2) is 0 Å². The number of hydrogen-bond acceptors (Lipinski definition) is 4. The Morgan fingerprint density at radius 3 is 2.68 bits per heavy atom. The quantitative estimate of drug-likeness (QED) is 0.797. The third kappa shape index (κ3) is 2.75. The van der Waals surface area contributed by atoms with Crippen LogP contribution in [0.5, 0.6) is 11.5 Å². The molecule has 0 saturated heterocycles. The minimum atomic E-state index is -1.84. The van der Waals surface area contributed by atoms with Crippen molar-refractivity contribution in [1.82, 2.24) is 0 Å². The Balaban J connectivity index is 2.48. The van der Waals surface area contributed by atoms with Gasteiger partial charge in [-0.05, 0) is 31.8 Å². The second-order valence-electron chi connectivity index (χ2n) is 5.61. The lowest BCUT2D eigenvalue weighted by atomic mass is 9.89. The molecule has 2 rings (SSSR count). The Morgan fingerprint density at radius 2 is 2.11 bits per heavy atom. The first-order valence-electron chi connectivity index (χ1n) is 6.33. The number of nitriles is 1. The van der Waals surface area contributed by atoms with Crippen molar-refractivity contribution in [3.8, 4) is 17.6 Å². The van der Waals surface area contributed by atoms with Gasteiger partial charge >= 0.3 is 0 Å². The van der Waals surface area contributed by atoms with Crippen LogP contribution in [-0.4, -0.2) is 22.0 Å². The van der Waals surface area contributed by atoms with Gasteiger partial charge in [0.25, 0.3) is 0 Å². The Bertz CT molecular complexity index is 518. The van der Waals surface area contributed by atoms with Crippen LogP contribution in [0, 0.1) is 11.3 Å². The molecule has 102 valence electrons. The summed E-state index contributed by atoms with van der Waals surface area (Å²) in [5.41, 5.74) is -0.0749. The minimum absolute atomic E-state index is 0.484. The molecule has 1 heterocycles. The van der Waals surface area contributed by atoms with Gasteiger partial charge in [0.05, 0.1) is 13.7 Å². The van der Waals surface area contributed by atoms with E-state index in [0.29, 0.717) is 18.8 Å². The van der Waals surface area contributed by atoms with E-state index in [1.165, 1.54) is 0 Å². The van der Waals surface area contributed by atoms with Gasteiger partial charge in [0, 0.05) is 18.1 Å². The summed E-state index contributed by atoms with van der Waals surface area (Å²) in [6.45, 7) is 6.75. The van der Waals surface area contributed by atoms with E-state index in [1.807, 2.05) is 18.2 Å². The first kappa shape index (κ1) is 13.9. The fourth-order valence-electron chi connectivity index (χ4n) is 2.29. The highest BCUT2D eigenvalue weighted by atomic mass is 28.4. The van der Waals surface area contributed by atoms with Crippen LogP contribution in [-0.2, 0) is 10.0 Å².